The lowest BCUT2D eigenvalue weighted by molar-refractivity contribution is -0.131. The number of carbonyl (C=O) groups excluding carboxylic acids is 1. The molecule has 146 valence electrons. The number of rotatable bonds is 6. The minimum Gasteiger partial charge on any atom is -0.344 e. The number of hydrogen-bond acceptors (Lipinski definition) is 3. The molecular weight excluding hydrogens is 348 g/mol. The molecule has 0 aliphatic carbocycles. The number of hydrogen-bond donors (Lipinski definition) is 0. The number of nitrogens with zero attached hydrogens (tertiary/aromatic N) is 4. The molecule has 1 aromatic heterocycles. The summed E-state index contributed by atoms with van der Waals surface area (Å²) >= 11 is 0. The molecule has 0 bridgehead atoms. The summed E-state index contributed by atoms with van der Waals surface area (Å²) in [7, 11) is 1.92. The molecule has 1 saturated heterocycles. The highest BCUT2D eigenvalue weighted by molar-refractivity contribution is 5.81. The largest absolute Gasteiger partial charge is 0.344 e. The lowest BCUT2D eigenvalue weighted by Gasteiger charge is -2.34. The molecule has 1 fully saturated rings. The van der Waals surface area contributed by atoms with Crippen LogP contribution < -0.4 is 0 Å². The van der Waals surface area contributed by atoms with Gasteiger partial charge in [0, 0.05) is 25.5 Å². The number of piperidine rings is 1. The van der Waals surface area contributed by atoms with Gasteiger partial charge in [-0.3, -0.25) is 14.4 Å². The molecule has 0 radical (unpaired) electrons. The van der Waals surface area contributed by atoms with Crippen LogP contribution in [0.15, 0.2) is 60.8 Å². The van der Waals surface area contributed by atoms with Crippen molar-refractivity contribution in [3.8, 4) is 0 Å². The summed E-state index contributed by atoms with van der Waals surface area (Å²) in [4.78, 5) is 17.1. The molecule has 1 aliphatic rings. The number of para-hydroxylation sites is 1. The zero-order chi connectivity index (χ0) is 19.3. The SMILES string of the molecule is CN(CC1CCN(Cc2ccccc2)CC1)C(=O)Cn1ncc2ccccc21. The van der Waals surface area contributed by atoms with E-state index in [9.17, 15) is 4.79 Å². The van der Waals surface area contributed by atoms with E-state index >= 15 is 0 Å². The van der Waals surface area contributed by atoms with Crippen molar-refractivity contribution in [2.45, 2.75) is 25.9 Å². The number of fused-ring (bicyclic) bond motifs is 1. The van der Waals surface area contributed by atoms with Crippen LogP contribution in [0.2, 0.25) is 0 Å². The maximum absolute atomic E-state index is 12.7. The summed E-state index contributed by atoms with van der Waals surface area (Å²) in [6.07, 6.45) is 4.12. The van der Waals surface area contributed by atoms with Gasteiger partial charge in [-0.2, -0.15) is 5.10 Å². The van der Waals surface area contributed by atoms with Gasteiger partial charge in [-0.1, -0.05) is 48.5 Å². The zero-order valence-corrected chi connectivity index (χ0v) is 16.5. The van der Waals surface area contributed by atoms with Crippen LogP contribution in [0, 0.1) is 5.92 Å². The Bertz CT molecular complexity index is 913. The normalized spacial score (nSPS) is 15.8. The Balaban J connectivity index is 1.26. The van der Waals surface area contributed by atoms with Gasteiger partial charge in [-0.25, -0.2) is 0 Å². The number of likely N-dealkylation sites (N-methyl/N-ethyl adjacent to an activating group) is 1. The van der Waals surface area contributed by atoms with E-state index in [1.807, 2.05) is 42.4 Å². The second-order valence-corrected chi connectivity index (χ2v) is 7.84. The second-order valence-electron chi connectivity index (χ2n) is 7.84. The smallest absolute Gasteiger partial charge is 0.244 e. The number of likely N-dealkylation sites (tertiary alicyclic amines) is 1. The standard InChI is InChI=1S/C23H28N4O/c1-25(23(28)18-27-22-10-6-5-9-21(22)15-24-27)16-20-11-13-26(14-12-20)17-19-7-3-2-4-8-19/h2-10,15,20H,11-14,16-18H2,1H3. The maximum atomic E-state index is 12.7. The number of carbonyl (C=O) groups is 1. The summed E-state index contributed by atoms with van der Waals surface area (Å²) in [6, 6.07) is 18.7. The van der Waals surface area contributed by atoms with Gasteiger partial charge in [0.1, 0.15) is 6.54 Å². The fraction of sp³-hybridized carbons (Fsp3) is 0.391. The van der Waals surface area contributed by atoms with Crippen molar-refractivity contribution in [1.82, 2.24) is 19.6 Å². The van der Waals surface area contributed by atoms with E-state index in [1.165, 1.54) is 5.56 Å². The van der Waals surface area contributed by atoms with E-state index in [-0.39, 0.29) is 5.91 Å². The van der Waals surface area contributed by atoms with Gasteiger partial charge in [-0.05, 0) is 43.5 Å². The van der Waals surface area contributed by atoms with Crippen molar-refractivity contribution < 1.29 is 4.79 Å². The van der Waals surface area contributed by atoms with Gasteiger partial charge in [0.25, 0.3) is 0 Å². The third kappa shape index (κ3) is 4.42. The zero-order valence-electron chi connectivity index (χ0n) is 16.5. The van der Waals surface area contributed by atoms with Gasteiger partial charge in [0.2, 0.25) is 5.91 Å². The van der Waals surface area contributed by atoms with Gasteiger partial charge >= 0.3 is 0 Å². The van der Waals surface area contributed by atoms with E-state index < -0.39 is 0 Å². The van der Waals surface area contributed by atoms with Crippen molar-refractivity contribution in [3.63, 3.8) is 0 Å². The van der Waals surface area contributed by atoms with Crippen LogP contribution in [0.1, 0.15) is 18.4 Å². The predicted octanol–water partition coefficient (Wildman–Crippen LogP) is 3.41. The van der Waals surface area contributed by atoms with Gasteiger partial charge in [0.05, 0.1) is 11.7 Å². The Hall–Kier alpha value is -2.66. The molecule has 3 aromatic rings. The number of aromatic nitrogens is 2. The van der Waals surface area contributed by atoms with Crippen LogP contribution in [0.4, 0.5) is 0 Å². The number of amides is 1. The highest BCUT2D eigenvalue weighted by atomic mass is 16.2. The van der Waals surface area contributed by atoms with Crippen LogP contribution in [0.5, 0.6) is 0 Å². The molecule has 0 saturated carbocycles. The summed E-state index contributed by atoms with van der Waals surface area (Å²) in [5.74, 6) is 0.705. The molecule has 5 nitrogen and oxygen atoms in total. The Labute approximate surface area is 166 Å². The molecule has 0 atom stereocenters. The summed E-state index contributed by atoms with van der Waals surface area (Å²) in [5, 5.41) is 5.45. The van der Waals surface area contributed by atoms with Gasteiger partial charge in [-0.15, -0.1) is 0 Å². The van der Waals surface area contributed by atoms with Crippen LogP contribution in [-0.4, -0.2) is 52.2 Å². The summed E-state index contributed by atoms with van der Waals surface area (Å²) in [5.41, 5.74) is 2.39. The van der Waals surface area contributed by atoms with Crippen molar-refractivity contribution in [2.24, 2.45) is 5.92 Å². The topological polar surface area (TPSA) is 41.4 Å². The monoisotopic (exact) mass is 376 g/mol. The minimum absolute atomic E-state index is 0.126. The molecule has 2 heterocycles. The lowest BCUT2D eigenvalue weighted by Crippen LogP contribution is -2.40. The third-order valence-corrected chi connectivity index (χ3v) is 5.75. The second kappa shape index (κ2) is 8.57. The lowest BCUT2D eigenvalue weighted by atomic mass is 9.96. The van der Waals surface area contributed by atoms with Crippen molar-refractivity contribution >= 4 is 16.8 Å². The molecule has 1 amide bonds. The molecular formula is C23H28N4O. The summed E-state index contributed by atoms with van der Waals surface area (Å²) in [6.45, 7) is 4.36. The quantitative estimate of drug-likeness (QED) is 0.662. The van der Waals surface area contributed by atoms with Gasteiger partial charge < -0.3 is 4.90 Å². The molecule has 2 aromatic carbocycles. The molecule has 4 rings (SSSR count). The molecule has 5 heteroatoms. The Kier molecular flexibility index (Phi) is 5.72. The first-order valence-electron chi connectivity index (χ1n) is 10.1. The first-order chi connectivity index (χ1) is 13.7. The van der Waals surface area contributed by atoms with E-state index in [0.29, 0.717) is 12.5 Å². The highest BCUT2D eigenvalue weighted by Gasteiger charge is 2.22. The Morgan fingerprint density at radius 2 is 1.79 bits per heavy atom. The molecule has 0 spiro atoms. The molecule has 1 aliphatic heterocycles. The Morgan fingerprint density at radius 3 is 2.57 bits per heavy atom. The predicted molar refractivity (Wildman–Crippen MR) is 112 cm³/mol. The fourth-order valence-corrected chi connectivity index (χ4v) is 4.06. The third-order valence-electron chi connectivity index (χ3n) is 5.75. The van der Waals surface area contributed by atoms with Crippen LogP contribution in [-0.2, 0) is 17.9 Å². The van der Waals surface area contributed by atoms with E-state index in [0.717, 1.165) is 49.9 Å². The highest BCUT2D eigenvalue weighted by Crippen LogP contribution is 2.20. The van der Waals surface area contributed by atoms with Crippen LogP contribution >= 0.6 is 0 Å². The van der Waals surface area contributed by atoms with Crippen LogP contribution in [0.3, 0.4) is 0 Å². The minimum atomic E-state index is 0.126. The molecule has 0 unspecified atom stereocenters. The van der Waals surface area contributed by atoms with Crippen molar-refractivity contribution in [1.29, 1.82) is 0 Å². The number of benzene rings is 2. The van der Waals surface area contributed by atoms with E-state index in [1.54, 1.807) is 4.68 Å². The fourth-order valence-electron chi connectivity index (χ4n) is 4.06. The average Bonchev–Trinajstić information content (AvgIpc) is 3.13. The summed E-state index contributed by atoms with van der Waals surface area (Å²) < 4.78 is 1.80. The van der Waals surface area contributed by atoms with E-state index in [2.05, 4.69) is 40.3 Å². The van der Waals surface area contributed by atoms with Crippen molar-refractivity contribution in [2.75, 3.05) is 26.7 Å². The average molecular weight is 377 g/mol. The first kappa shape index (κ1) is 18.7. The van der Waals surface area contributed by atoms with E-state index in [4.69, 9.17) is 0 Å². The van der Waals surface area contributed by atoms with Crippen LogP contribution in [0.25, 0.3) is 10.9 Å². The maximum Gasteiger partial charge on any atom is 0.244 e. The molecule has 0 N–H and O–H groups in total. The van der Waals surface area contributed by atoms with Crippen molar-refractivity contribution in [3.05, 3.63) is 66.4 Å². The first-order valence-corrected chi connectivity index (χ1v) is 10.1. The molecule has 28 heavy (non-hydrogen) atoms. The van der Waals surface area contributed by atoms with Gasteiger partial charge in [0.15, 0.2) is 0 Å². The Morgan fingerprint density at radius 1 is 1.07 bits per heavy atom.